The molecule has 0 unspecified atom stereocenters. The fourth-order valence-corrected chi connectivity index (χ4v) is 1.80. The van der Waals surface area contributed by atoms with Crippen molar-refractivity contribution in [2.75, 3.05) is 0 Å². The summed E-state index contributed by atoms with van der Waals surface area (Å²) < 4.78 is 38.5. The van der Waals surface area contributed by atoms with Crippen molar-refractivity contribution < 1.29 is 18.0 Å². The highest BCUT2D eigenvalue weighted by molar-refractivity contribution is 5.93. The van der Waals surface area contributed by atoms with E-state index in [-0.39, 0.29) is 6.54 Å². The molecule has 1 aromatic heterocycles. The third-order valence-electron chi connectivity index (χ3n) is 2.89. The fraction of sp³-hybridized carbons (Fsp3) is 0.231. The van der Waals surface area contributed by atoms with E-state index < -0.39 is 17.8 Å². The van der Waals surface area contributed by atoms with Gasteiger partial charge in [0.1, 0.15) is 0 Å². The van der Waals surface area contributed by atoms with Crippen molar-refractivity contribution in [3.63, 3.8) is 0 Å². The Morgan fingerprint density at radius 3 is 2.55 bits per heavy atom. The van der Waals surface area contributed by atoms with Gasteiger partial charge in [0.25, 0.3) is 0 Å². The maximum atomic E-state index is 12.4. The number of primary amides is 1. The van der Waals surface area contributed by atoms with Crippen LogP contribution in [0.1, 0.15) is 27.2 Å². The van der Waals surface area contributed by atoms with E-state index in [9.17, 15) is 18.0 Å². The van der Waals surface area contributed by atoms with Crippen LogP contribution in [0.3, 0.4) is 0 Å². The molecule has 0 aliphatic heterocycles. The van der Waals surface area contributed by atoms with Crippen molar-refractivity contribution in [1.82, 2.24) is 9.78 Å². The van der Waals surface area contributed by atoms with Crippen molar-refractivity contribution in [2.45, 2.75) is 19.6 Å². The van der Waals surface area contributed by atoms with Crippen molar-refractivity contribution in [3.05, 3.63) is 52.8 Å². The van der Waals surface area contributed by atoms with E-state index in [4.69, 9.17) is 5.73 Å². The summed E-state index contributed by atoms with van der Waals surface area (Å²) in [7, 11) is 0. The second kappa shape index (κ2) is 4.99. The predicted molar refractivity (Wildman–Crippen MR) is 66.0 cm³/mol. The van der Waals surface area contributed by atoms with Crippen LogP contribution < -0.4 is 5.73 Å². The molecule has 2 aromatic rings. The number of halogens is 3. The molecule has 2 rings (SSSR count). The monoisotopic (exact) mass is 283 g/mol. The van der Waals surface area contributed by atoms with Gasteiger partial charge in [-0.05, 0) is 36.2 Å². The summed E-state index contributed by atoms with van der Waals surface area (Å²) in [6.07, 6.45) is -3.18. The number of alkyl halides is 3. The molecule has 0 spiro atoms. The zero-order chi connectivity index (χ0) is 14.9. The molecule has 1 heterocycles. The van der Waals surface area contributed by atoms with E-state index in [0.29, 0.717) is 5.56 Å². The maximum absolute atomic E-state index is 12.4. The minimum atomic E-state index is -4.45. The van der Waals surface area contributed by atoms with Crippen LogP contribution in [0.5, 0.6) is 0 Å². The average Bonchev–Trinajstić information content (AvgIpc) is 2.80. The van der Waals surface area contributed by atoms with E-state index in [1.165, 1.54) is 10.9 Å². The molecule has 0 fully saturated rings. The van der Waals surface area contributed by atoms with Crippen LogP contribution in [0.4, 0.5) is 13.2 Å². The van der Waals surface area contributed by atoms with Gasteiger partial charge in [-0.2, -0.15) is 18.3 Å². The number of benzene rings is 1. The molecular formula is C13H12F3N3O. The van der Waals surface area contributed by atoms with Gasteiger partial charge >= 0.3 is 6.18 Å². The van der Waals surface area contributed by atoms with Crippen LogP contribution in [0.2, 0.25) is 0 Å². The number of hydrogen-bond acceptors (Lipinski definition) is 2. The van der Waals surface area contributed by atoms with Crippen LogP contribution in [0.25, 0.3) is 0 Å². The SMILES string of the molecule is Cc1cc(C(N)=O)ccc1Cn1ccc(C(F)(F)F)n1. The average molecular weight is 283 g/mol. The van der Waals surface area contributed by atoms with Gasteiger partial charge in [-0.3, -0.25) is 9.48 Å². The van der Waals surface area contributed by atoms with Crippen molar-refractivity contribution >= 4 is 5.91 Å². The molecule has 2 N–H and O–H groups in total. The minimum Gasteiger partial charge on any atom is -0.366 e. The zero-order valence-corrected chi connectivity index (χ0v) is 10.6. The number of aromatic nitrogens is 2. The first-order chi connectivity index (χ1) is 9.27. The van der Waals surface area contributed by atoms with Crippen molar-refractivity contribution in [3.8, 4) is 0 Å². The first-order valence-corrected chi connectivity index (χ1v) is 5.77. The molecule has 0 aliphatic carbocycles. The molecule has 1 amide bonds. The van der Waals surface area contributed by atoms with Gasteiger partial charge in [-0.25, -0.2) is 0 Å². The fourth-order valence-electron chi connectivity index (χ4n) is 1.80. The quantitative estimate of drug-likeness (QED) is 0.940. The Morgan fingerprint density at radius 1 is 1.35 bits per heavy atom. The number of hydrogen-bond donors (Lipinski definition) is 1. The van der Waals surface area contributed by atoms with E-state index in [0.717, 1.165) is 17.2 Å². The number of aryl methyl sites for hydroxylation is 1. The van der Waals surface area contributed by atoms with Crippen LogP contribution in [-0.4, -0.2) is 15.7 Å². The third-order valence-corrected chi connectivity index (χ3v) is 2.89. The van der Waals surface area contributed by atoms with Crippen LogP contribution in [-0.2, 0) is 12.7 Å². The minimum absolute atomic E-state index is 0.195. The molecule has 0 bridgehead atoms. The molecule has 0 aliphatic rings. The standard InChI is InChI=1S/C13H12F3N3O/c1-8-6-9(12(17)20)2-3-10(8)7-19-5-4-11(18-19)13(14,15)16/h2-6H,7H2,1H3,(H2,17,20). The van der Waals surface area contributed by atoms with Gasteiger partial charge in [0.05, 0.1) is 6.54 Å². The molecule has 20 heavy (non-hydrogen) atoms. The molecule has 0 saturated carbocycles. The molecule has 4 nitrogen and oxygen atoms in total. The normalized spacial score (nSPS) is 11.6. The smallest absolute Gasteiger partial charge is 0.366 e. The van der Waals surface area contributed by atoms with Gasteiger partial charge in [0.15, 0.2) is 5.69 Å². The van der Waals surface area contributed by atoms with Crippen LogP contribution >= 0.6 is 0 Å². The number of rotatable bonds is 3. The summed E-state index contributed by atoms with van der Waals surface area (Å²) in [5.41, 5.74) is 6.13. The molecule has 106 valence electrons. The molecule has 0 radical (unpaired) electrons. The number of nitrogens with zero attached hydrogens (tertiary/aromatic N) is 2. The Bertz CT molecular complexity index is 647. The summed E-state index contributed by atoms with van der Waals surface area (Å²) in [4.78, 5) is 11.0. The lowest BCUT2D eigenvalue weighted by Gasteiger charge is -2.08. The third kappa shape index (κ3) is 2.98. The van der Waals surface area contributed by atoms with E-state index in [1.54, 1.807) is 25.1 Å². The van der Waals surface area contributed by atoms with Crippen LogP contribution in [0.15, 0.2) is 30.5 Å². The zero-order valence-electron chi connectivity index (χ0n) is 10.6. The highest BCUT2D eigenvalue weighted by Crippen LogP contribution is 2.27. The van der Waals surface area contributed by atoms with E-state index in [1.807, 2.05) is 0 Å². The van der Waals surface area contributed by atoms with E-state index >= 15 is 0 Å². The predicted octanol–water partition coefficient (Wildman–Crippen LogP) is 2.36. The first kappa shape index (κ1) is 14.1. The highest BCUT2D eigenvalue weighted by Gasteiger charge is 2.33. The van der Waals surface area contributed by atoms with E-state index in [2.05, 4.69) is 5.10 Å². The topological polar surface area (TPSA) is 60.9 Å². The Kier molecular flexibility index (Phi) is 3.52. The Morgan fingerprint density at radius 2 is 2.05 bits per heavy atom. The summed E-state index contributed by atoms with van der Waals surface area (Å²) in [6, 6.07) is 5.72. The van der Waals surface area contributed by atoms with Gasteiger partial charge in [-0.15, -0.1) is 0 Å². The number of amides is 1. The molecule has 7 heteroatoms. The molecular weight excluding hydrogens is 271 g/mol. The van der Waals surface area contributed by atoms with Crippen molar-refractivity contribution in [1.29, 1.82) is 0 Å². The Hall–Kier alpha value is -2.31. The second-order valence-electron chi connectivity index (χ2n) is 4.40. The number of carbonyl (C=O) groups is 1. The van der Waals surface area contributed by atoms with Crippen LogP contribution in [0, 0.1) is 6.92 Å². The van der Waals surface area contributed by atoms with Gasteiger partial charge < -0.3 is 5.73 Å². The number of carbonyl (C=O) groups excluding carboxylic acids is 1. The van der Waals surface area contributed by atoms with Gasteiger partial charge in [-0.1, -0.05) is 6.07 Å². The molecule has 0 atom stereocenters. The number of nitrogens with two attached hydrogens (primary N) is 1. The first-order valence-electron chi connectivity index (χ1n) is 5.77. The highest BCUT2D eigenvalue weighted by atomic mass is 19.4. The molecule has 0 saturated heterocycles. The Balaban J connectivity index is 2.22. The maximum Gasteiger partial charge on any atom is 0.435 e. The molecule has 1 aromatic carbocycles. The van der Waals surface area contributed by atoms with Gasteiger partial charge in [0, 0.05) is 11.8 Å². The lowest BCUT2D eigenvalue weighted by molar-refractivity contribution is -0.141. The summed E-state index contributed by atoms with van der Waals surface area (Å²) >= 11 is 0. The summed E-state index contributed by atoms with van der Waals surface area (Å²) in [6.45, 7) is 1.96. The van der Waals surface area contributed by atoms with Gasteiger partial charge in [0.2, 0.25) is 5.91 Å². The largest absolute Gasteiger partial charge is 0.435 e. The lowest BCUT2D eigenvalue weighted by Crippen LogP contribution is -2.12. The van der Waals surface area contributed by atoms with Crippen molar-refractivity contribution in [2.24, 2.45) is 5.73 Å². The lowest BCUT2D eigenvalue weighted by atomic mass is 10.0. The summed E-state index contributed by atoms with van der Waals surface area (Å²) in [5.74, 6) is -0.543. The Labute approximate surface area is 113 Å². The second-order valence-corrected chi connectivity index (χ2v) is 4.40. The summed E-state index contributed by atoms with van der Waals surface area (Å²) in [5, 5.41) is 3.48.